The van der Waals surface area contributed by atoms with Gasteiger partial charge in [0.15, 0.2) is 11.5 Å². The minimum atomic E-state index is -0.0594. The average Bonchev–Trinajstić information content (AvgIpc) is 3.07. The van der Waals surface area contributed by atoms with Gasteiger partial charge in [0.05, 0.1) is 20.6 Å². The first-order valence-corrected chi connectivity index (χ1v) is 9.03. The third-order valence-corrected chi connectivity index (χ3v) is 4.78. The number of nitrogens with zero attached hydrogens (tertiary/aromatic N) is 2. The molecule has 2 amide bonds. The highest BCUT2D eigenvalue weighted by atomic mass is 16.5. The average molecular weight is 371 g/mol. The number of nitrogens with one attached hydrogen (secondary N) is 1. The number of H-pyrrole nitrogens is 1. The van der Waals surface area contributed by atoms with Crippen molar-refractivity contribution >= 4 is 11.8 Å². The predicted molar refractivity (Wildman–Crippen MR) is 101 cm³/mol. The monoisotopic (exact) mass is 371 g/mol. The van der Waals surface area contributed by atoms with Crippen molar-refractivity contribution in [3.63, 3.8) is 0 Å². The van der Waals surface area contributed by atoms with E-state index in [1.165, 1.54) is 0 Å². The molecule has 0 bridgehead atoms. The van der Waals surface area contributed by atoms with Crippen LogP contribution in [0.15, 0.2) is 36.7 Å². The summed E-state index contributed by atoms with van der Waals surface area (Å²) in [7, 11) is 3.11. The first-order chi connectivity index (χ1) is 13.1. The van der Waals surface area contributed by atoms with Crippen LogP contribution in [-0.4, -0.2) is 67.0 Å². The predicted octanol–water partition coefficient (Wildman–Crippen LogP) is 1.95. The molecule has 1 N–H and O–H groups in total. The molecule has 1 saturated heterocycles. The Balaban J connectivity index is 1.63. The van der Waals surface area contributed by atoms with Gasteiger partial charge in [0.25, 0.3) is 5.91 Å². The van der Waals surface area contributed by atoms with E-state index >= 15 is 0 Å². The van der Waals surface area contributed by atoms with E-state index in [1.54, 1.807) is 37.3 Å². The highest BCUT2D eigenvalue weighted by molar-refractivity contribution is 5.95. The Hall–Kier alpha value is -2.96. The van der Waals surface area contributed by atoms with E-state index in [0.29, 0.717) is 49.7 Å². The lowest BCUT2D eigenvalue weighted by Crippen LogP contribution is -2.38. The van der Waals surface area contributed by atoms with Gasteiger partial charge < -0.3 is 24.3 Å². The van der Waals surface area contributed by atoms with Crippen molar-refractivity contribution in [2.75, 3.05) is 40.4 Å². The van der Waals surface area contributed by atoms with E-state index < -0.39 is 0 Å². The molecular weight excluding hydrogens is 346 g/mol. The number of carbonyl (C=O) groups excluding carboxylic acids is 2. The summed E-state index contributed by atoms with van der Waals surface area (Å²) in [5.74, 6) is 1.15. The SMILES string of the molecule is COc1ccc(C(=O)N2CCCN(C(=O)Cc3cc[nH]c3)CC2)cc1OC. The fraction of sp³-hybridized carbons (Fsp3) is 0.400. The van der Waals surface area contributed by atoms with Gasteiger partial charge >= 0.3 is 0 Å². The minimum absolute atomic E-state index is 0.0594. The number of rotatable bonds is 5. The van der Waals surface area contributed by atoms with Crippen molar-refractivity contribution in [1.82, 2.24) is 14.8 Å². The van der Waals surface area contributed by atoms with Crippen LogP contribution in [0.2, 0.25) is 0 Å². The first-order valence-electron chi connectivity index (χ1n) is 9.03. The van der Waals surface area contributed by atoms with Crippen LogP contribution in [0.25, 0.3) is 0 Å². The molecule has 0 aliphatic carbocycles. The van der Waals surface area contributed by atoms with Gasteiger partial charge in [-0.25, -0.2) is 0 Å². The van der Waals surface area contributed by atoms with Crippen LogP contribution in [0.1, 0.15) is 22.3 Å². The van der Waals surface area contributed by atoms with Crippen molar-refractivity contribution in [3.05, 3.63) is 47.8 Å². The molecule has 7 heteroatoms. The van der Waals surface area contributed by atoms with E-state index in [2.05, 4.69) is 4.98 Å². The number of carbonyl (C=O) groups is 2. The number of benzene rings is 1. The van der Waals surface area contributed by atoms with Crippen LogP contribution in [0, 0.1) is 0 Å². The van der Waals surface area contributed by atoms with E-state index in [0.717, 1.165) is 12.0 Å². The number of amides is 2. The van der Waals surface area contributed by atoms with Gasteiger partial charge in [0.1, 0.15) is 0 Å². The van der Waals surface area contributed by atoms with Gasteiger partial charge in [-0.1, -0.05) is 0 Å². The standard InChI is InChI=1S/C20H25N3O4/c1-26-17-5-4-16(13-18(17)27-2)20(25)23-9-3-8-22(10-11-23)19(24)12-15-6-7-21-14-15/h4-7,13-14,21H,3,8-12H2,1-2H3. The Morgan fingerprint density at radius 2 is 1.74 bits per heavy atom. The van der Waals surface area contributed by atoms with Crippen LogP contribution in [-0.2, 0) is 11.2 Å². The Morgan fingerprint density at radius 1 is 1.00 bits per heavy atom. The summed E-state index contributed by atoms with van der Waals surface area (Å²) in [5.41, 5.74) is 1.53. The molecule has 1 aromatic carbocycles. The molecule has 1 aliphatic rings. The van der Waals surface area contributed by atoms with E-state index in [1.807, 2.05) is 23.4 Å². The fourth-order valence-corrected chi connectivity index (χ4v) is 3.28. The molecule has 0 atom stereocenters. The summed E-state index contributed by atoms with van der Waals surface area (Å²) in [6.45, 7) is 2.36. The van der Waals surface area contributed by atoms with Gasteiger partial charge in [0.2, 0.25) is 5.91 Å². The molecule has 7 nitrogen and oxygen atoms in total. The Bertz CT molecular complexity index is 789. The van der Waals surface area contributed by atoms with Gasteiger partial charge in [-0.05, 0) is 36.2 Å². The zero-order chi connectivity index (χ0) is 19.2. The zero-order valence-electron chi connectivity index (χ0n) is 15.7. The van der Waals surface area contributed by atoms with Crippen LogP contribution in [0.4, 0.5) is 0 Å². The highest BCUT2D eigenvalue weighted by Crippen LogP contribution is 2.28. The molecular formula is C20H25N3O4. The smallest absolute Gasteiger partial charge is 0.254 e. The van der Waals surface area contributed by atoms with Crippen molar-refractivity contribution in [1.29, 1.82) is 0 Å². The summed E-state index contributed by atoms with van der Waals surface area (Å²) in [4.78, 5) is 32.0. The third kappa shape index (κ3) is 4.42. The molecule has 1 aromatic heterocycles. The molecule has 0 radical (unpaired) electrons. The fourth-order valence-electron chi connectivity index (χ4n) is 3.28. The second-order valence-corrected chi connectivity index (χ2v) is 6.49. The molecule has 0 saturated carbocycles. The summed E-state index contributed by atoms with van der Waals surface area (Å²) in [6, 6.07) is 7.07. The Kier molecular flexibility index (Phi) is 6.01. The minimum Gasteiger partial charge on any atom is -0.493 e. The van der Waals surface area contributed by atoms with E-state index in [9.17, 15) is 9.59 Å². The number of aromatic nitrogens is 1. The molecule has 3 rings (SSSR count). The van der Waals surface area contributed by atoms with Gasteiger partial charge in [-0.15, -0.1) is 0 Å². The number of hydrogen-bond donors (Lipinski definition) is 1. The van der Waals surface area contributed by atoms with Gasteiger partial charge in [-0.3, -0.25) is 9.59 Å². The normalized spacial score (nSPS) is 14.6. The molecule has 0 spiro atoms. The topological polar surface area (TPSA) is 74.9 Å². The van der Waals surface area contributed by atoms with Crippen LogP contribution in [0.3, 0.4) is 0 Å². The lowest BCUT2D eigenvalue weighted by Gasteiger charge is -2.22. The number of aromatic amines is 1. The molecule has 0 unspecified atom stereocenters. The summed E-state index contributed by atoms with van der Waals surface area (Å²) in [6.07, 6.45) is 4.79. The van der Waals surface area contributed by atoms with E-state index in [4.69, 9.17) is 9.47 Å². The molecule has 1 aliphatic heterocycles. The van der Waals surface area contributed by atoms with Gasteiger partial charge in [0, 0.05) is 44.1 Å². The lowest BCUT2D eigenvalue weighted by atomic mass is 10.1. The molecule has 1 fully saturated rings. The summed E-state index contributed by atoms with van der Waals surface area (Å²) >= 11 is 0. The van der Waals surface area contributed by atoms with E-state index in [-0.39, 0.29) is 11.8 Å². The molecule has 144 valence electrons. The van der Waals surface area contributed by atoms with Crippen molar-refractivity contribution in [2.24, 2.45) is 0 Å². The van der Waals surface area contributed by atoms with Gasteiger partial charge in [-0.2, -0.15) is 0 Å². The largest absolute Gasteiger partial charge is 0.493 e. The maximum Gasteiger partial charge on any atom is 0.254 e. The quantitative estimate of drug-likeness (QED) is 0.872. The van der Waals surface area contributed by atoms with Crippen LogP contribution >= 0.6 is 0 Å². The lowest BCUT2D eigenvalue weighted by molar-refractivity contribution is -0.130. The zero-order valence-corrected chi connectivity index (χ0v) is 15.7. The second kappa shape index (κ2) is 8.62. The number of ether oxygens (including phenoxy) is 2. The summed E-state index contributed by atoms with van der Waals surface area (Å²) < 4.78 is 10.5. The van der Waals surface area contributed by atoms with Crippen molar-refractivity contribution in [2.45, 2.75) is 12.8 Å². The Morgan fingerprint density at radius 3 is 2.44 bits per heavy atom. The second-order valence-electron chi connectivity index (χ2n) is 6.49. The molecule has 27 heavy (non-hydrogen) atoms. The summed E-state index contributed by atoms with van der Waals surface area (Å²) in [5, 5.41) is 0. The molecule has 2 heterocycles. The number of methoxy groups -OCH3 is 2. The molecule has 2 aromatic rings. The maximum atomic E-state index is 12.9. The maximum absolute atomic E-state index is 12.9. The van der Waals surface area contributed by atoms with Crippen LogP contribution < -0.4 is 9.47 Å². The third-order valence-electron chi connectivity index (χ3n) is 4.78. The highest BCUT2D eigenvalue weighted by Gasteiger charge is 2.23. The first kappa shape index (κ1) is 18.8. The van der Waals surface area contributed by atoms with Crippen LogP contribution in [0.5, 0.6) is 11.5 Å². The Labute approximate surface area is 158 Å². The number of hydrogen-bond acceptors (Lipinski definition) is 4. The van der Waals surface area contributed by atoms with Crippen molar-refractivity contribution < 1.29 is 19.1 Å². The van der Waals surface area contributed by atoms with Crippen molar-refractivity contribution in [3.8, 4) is 11.5 Å².